The molecule has 0 saturated carbocycles. The largest absolute Gasteiger partial charge is 0.378 e. The summed E-state index contributed by atoms with van der Waals surface area (Å²) in [5, 5.41) is 12.0. The maximum Gasteiger partial charge on any atom is 0.109 e. The molecule has 1 aromatic carbocycles. The van der Waals surface area contributed by atoms with Gasteiger partial charge < -0.3 is 5.32 Å². The van der Waals surface area contributed by atoms with Crippen LogP contribution in [0.3, 0.4) is 0 Å². The van der Waals surface area contributed by atoms with Crippen molar-refractivity contribution < 1.29 is 0 Å². The molecule has 23 heavy (non-hydrogen) atoms. The van der Waals surface area contributed by atoms with Gasteiger partial charge in [0.2, 0.25) is 0 Å². The van der Waals surface area contributed by atoms with Crippen molar-refractivity contribution in [3.05, 3.63) is 78.4 Å². The quantitative estimate of drug-likeness (QED) is 0.688. The van der Waals surface area contributed by atoms with Crippen molar-refractivity contribution in [3.8, 4) is 0 Å². The molecule has 0 unspecified atom stereocenters. The molecule has 0 bridgehead atoms. The van der Waals surface area contributed by atoms with Gasteiger partial charge in [-0.2, -0.15) is 0 Å². The summed E-state index contributed by atoms with van der Waals surface area (Å²) in [4.78, 5) is 8.35. The van der Waals surface area contributed by atoms with E-state index in [0.717, 1.165) is 28.3 Å². The lowest BCUT2D eigenvalue weighted by atomic mass is 10.2. The maximum atomic E-state index is 4.35. The van der Waals surface area contributed by atoms with E-state index in [-0.39, 0.29) is 0 Å². The zero-order valence-corrected chi connectivity index (χ0v) is 12.8. The Bertz CT molecular complexity index is 785. The van der Waals surface area contributed by atoms with Gasteiger partial charge in [-0.15, -0.1) is 10.2 Å². The Labute approximate surface area is 135 Å². The number of aromatic nitrogens is 2. The zero-order valence-electron chi connectivity index (χ0n) is 12.8. The number of aryl methyl sites for hydroxylation is 1. The third-order valence-corrected chi connectivity index (χ3v) is 3.26. The van der Waals surface area contributed by atoms with Crippen LogP contribution in [0.4, 0.5) is 17.1 Å². The van der Waals surface area contributed by atoms with E-state index in [1.807, 2.05) is 55.5 Å². The third-order valence-electron chi connectivity index (χ3n) is 3.26. The first-order valence-electron chi connectivity index (χ1n) is 7.37. The smallest absolute Gasteiger partial charge is 0.109 e. The fraction of sp³-hybridized carbons (Fsp3) is 0.111. The molecule has 3 rings (SSSR count). The average molecular weight is 303 g/mol. The maximum absolute atomic E-state index is 4.35. The van der Waals surface area contributed by atoms with Crippen LogP contribution in [0.1, 0.15) is 11.3 Å². The van der Waals surface area contributed by atoms with Crippen LogP contribution in [0.25, 0.3) is 0 Å². The fourth-order valence-corrected chi connectivity index (χ4v) is 2.09. The van der Waals surface area contributed by atoms with E-state index in [0.29, 0.717) is 6.54 Å². The van der Waals surface area contributed by atoms with E-state index in [1.54, 1.807) is 18.6 Å². The highest BCUT2D eigenvalue weighted by Crippen LogP contribution is 2.28. The van der Waals surface area contributed by atoms with E-state index >= 15 is 0 Å². The first-order chi connectivity index (χ1) is 11.3. The number of anilines is 1. The summed E-state index contributed by atoms with van der Waals surface area (Å²) in [5.41, 5.74) is 4.56. The van der Waals surface area contributed by atoms with Gasteiger partial charge in [0, 0.05) is 12.4 Å². The Morgan fingerprint density at radius 3 is 2.74 bits per heavy atom. The number of rotatable bonds is 5. The minimum absolute atomic E-state index is 0.638. The Hall–Kier alpha value is -3.08. The molecule has 5 nitrogen and oxygen atoms in total. The molecule has 0 radical (unpaired) electrons. The van der Waals surface area contributed by atoms with Gasteiger partial charge in [-0.1, -0.05) is 12.1 Å². The molecular formula is C18H17N5. The molecule has 0 saturated heterocycles. The number of azo groups is 1. The van der Waals surface area contributed by atoms with Crippen molar-refractivity contribution in [1.82, 2.24) is 9.97 Å². The molecule has 1 N–H and O–H groups in total. The molecule has 0 amide bonds. The summed E-state index contributed by atoms with van der Waals surface area (Å²) in [6.45, 7) is 2.67. The van der Waals surface area contributed by atoms with Crippen molar-refractivity contribution in [3.63, 3.8) is 0 Å². The molecule has 5 heteroatoms. The van der Waals surface area contributed by atoms with Gasteiger partial charge in [-0.3, -0.25) is 9.97 Å². The molecule has 2 heterocycles. The summed E-state index contributed by atoms with van der Waals surface area (Å²) < 4.78 is 0. The van der Waals surface area contributed by atoms with Crippen molar-refractivity contribution in [1.29, 1.82) is 0 Å². The van der Waals surface area contributed by atoms with Gasteiger partial charge in [0.05, 0.1) is 24.1 Å². The molecule has 2 aromatic heterocycles. The Balaban J connectivity index is 1.79. The minimum Gasteiger partial charge on any atom is -0.378 e. The van der Waals surface area contributed by atoms with Crippen LogP contribution >= 0.6 is 0 Å². The van der Waals surface area contributed by atoms with Gasteiger partial charge in [0.25, 0.3) is 0 Å². The lowest BCUT2D eigenvalue weighted by molar-refractivity contribution is 1.04. The van der Waals surface area contributed by atoms with E-state index in [2.05, 4.69) is 25.5 Å². The van der Waals surface area contributed by atoms with Crippen molar-refractivity contribution in [2.45, 2.75) is 13.5 Å². The lowest BCUT2D eigenvalue weighted by Gasteiger charge is -2.09. The van der Waals surface area contributed by atoms with Gasteiger partial charge >= 0.3 is 0 Å². The zero-order chi connectivity index (χ0) is 15.9. The van der Waals surface area contributed by atoms with E-state index in [1.165, 1.54) is 0 Å². The fourth-order valence-electron chi connectivity index (χ4n) is 2.09. The Kier molecular flexibility index (Phi) is 4.69. The number of nitrogens with one attached hydrogen (secondary N) is 1. The molecule has 114 valence electrons. The van der Waals surface area contributed by atoms with Crippen LogP contribution < -0.4 is 5.32 Å². The highest BCUT2D eigenvalue weighted by molar-refractivity contribution is 5.66. The van der Waals surface area contributed by atoms with E-state index < -0.39 is 0 Å². The summed E-state index contributed by atoms with van der Waals surface area (Å²) in [5.74, 6) is 0. The SMILES string of the molecule is Cc1ccc(NCc2ccccn2)c(N=Nc2cccnc2)c1. The van der Waals surface area contributed by atoms with Gasteiger partial charge in [0.15, 0.2) is 0 Å². The van der Waals surface area contributed by atoms with Gasteiger partial charge in [-0.05, 0) is 48.9 Å². The Morgan fingerprint density at radius 2 is 1.96 bits per heavy atom. The van der Waals surface area contributed by atoms with Crippen molar-refractivity contribution >= 4 is 17.1 Å². The molecule has 0 aliphatic rings. The van der Waals surface area contributed by atoms with Crippen LogP contribution in [-0.2, 0) is 6.54 Å². The number of hydrogen-bond donors (Lipinski definition) is 1. The number of hydrogen-bond acceptors (Lipinski definition) is 5. The number of benzene rings is 1. The molecule has 0 fully saturated rings. The van der Waals surface area contributed by atoms with Crippen LogP contribution in [0.2, 0.25) is 0 Å². The predicted molar refractivity (Wildman–Crippen MR) is 91.2 cm³/mol. The summed E-state index contributed by atoms with van der Waals surface area (Å²) in [6.07, 6.45) is 5.18. The second-order valence-electron chi connectivity index (χ2n) is 5.11. The minimum atomic E-state index is 0.638. The monoisotopic (exact) mass is 303 g/mol. The van der Waals surface area contributed by atoms with E-state index in [4.69, 9.17) is 0 Å². The molecule has 0 atom stereocenters. The van der Waals surface area contributed by atoms with Gasteiger partial charge in [0.1, 0.15) is 11.4 Å². The Morgan fingerprint density at radius 1 is 1.00 bits per heavy atom. The number of nitrogens with zero attached hydrogens (tertiary/aromatic N) is 4. The first kappa shape index (κ1) is 14.8. The predicted octanol–water partition coefficient (Wildman–Crippen LogP) is 4.81. The summed E-state index contributed by atoms with van der Waals surface area (Å²) in [7, 11) is 0. The van der Waals surface area contributed by atoms with Crippen LogP contribution in [0.15, 0.2) is 77.3 Å². The van der Waals surface area contributed by atoms with Crippen molar-refractivity contribution in [2.75, 3.05) is 5.32 Å². The standard InChI is InChI=1S/C18H17N5/c1-14-7-8-17(21-13-15-5-2-3-10-20-15)18(11-14)23-22-16-6-4-9-19-12-16/h2-12,21H,13H2,1H3. The van der Waals surface area contributed by atoms with Crippen LogP contribution in [0.5, 0.6) is 0 Å². The van der Waals surface area contributed by atoms with Crippen LogP contribution in [0, 0.1) is 6.92 Å². The molecule has 0 spiro atoms. The third kappa shape index (κ3) is 4.20. The normalized spacial score (nSPS) is 10.8. The van der Waals surface area contributed by atoms with Crippen molar-refractivity contribution in [2.24, 2.45) is 10.2 Å². The highest BCUT2D eigenvalue weighted by atomic mass is 15.1. The molecular weight excluding hydrogens is 286 g/mol. The lowest BCUT2D eigenvalue weighted by Crippen LogP contribution is -2.01. The van der Waals surface area contributed by atoms with E-state index in [9.17, 15) is 0 Å². The summed E-state index contributed by atoms with van der Waals surface area (Å²) in [6, 6.07) is 15.6. The van der Waals surface area contributed by atoms with Crippen LogP contribution in [-0.4, -0.2) is 9.97 Å². The molecule has 0 aliphatic carbocycles. The average Bonchev–Trinajstić information content (AvgIpc) is 2.61. The topological polar surface area (TPSA) is 62.5 Å². The second kappa shape index (κ2) is 7.26. The highest BCUT2D eigenvalue weighted by Gasteiger charge is 2.03. The van der Waals surface area contributed by atoms with Gasteiger partial charge in [-0.25, -0.2) is 0 Å². The number of pyridine rings is 2. The first-order valence-corrected chi connectivity index (χ1v) is 7.37. The molecule has 0 aliphatic heterocycles. The summed E-state index contributed by atoms with van der Waals surface area (Å²) >= 11 is 0. The second-order valence-corrected chi connectivity index (χ2v) is 5.11. The molecule has 3 aromatic rings.